The Morgan fingerprint density at radius 1 is 1.08 bits per heavy atom. The molecule has 26 heavy (non-hydrogen) atoms. The first-order valence-corrected chi connectivity index (χ1v) is 10.1. The molecule has 1 aliphatic rings. The number of Topliss-reactive ketones (excluding diaryl/α,β-unsaturated/α-hetero) is 1. The molecule has 1 saturated carbocycles. The Labute approximate surface area is 163 Å². The molecule has 1 aromatic carbocycles. The Hall–Kier alpha value is -1.67. The lowest BCUT2D eigenvalue weighted by molar-refractivity contribution is 0.101. The highest BCUT2D eigenvalue weighted by molar-refractivity contribution is 6.31. The highest BCUT2D eigenvalue weighted by atomic mass is 35.5. The third kappa shape index (κ3) is 6.57. The first kappa shape index (κ1) is 20.6. The van der Waals surface area contributed by atoms with E-state index in [2.05, 4.69) is 24.9 Å². The van der Waals surface area contributed by atoms with Gasteiger partial charge in [-0.3, -0.25) is 4.79 Å². The minimum absolute atomic E-state index is 0.00391. The molecular weight excluding hydrogens is 342 g/mol. The Morgan fingerprint density at radius 2 is 1.77 bits per heavy atom. The molecule has 0 bridgehead atoms. The largest absolute Gasteiger partial charge is 0.293 e. The molecule has 2 aromatic rings. The van der Waals surface area contributed by atoms with Gasteiger partial charge in [-0.15, -0.1) is 0 Å². The molecule has 1 fully saturated rings. The third-order valence-corrected chi connectivity index (χ3v) is 5.40. The van der Waals surface area contributed by atoms with E-state index in [1.165, 1.54) is 44.6 Å². The first-order chi connectivity index (χ1) is 12.5. The zero-order valence-electron chi connectivity index (χ0n) is 16.2. The van der Waals surface area contributed by atoms with Crippen LogP contribution in [0.2, 0.25) is 5.02 Å². The van der Waals surface area contributed by atoms with Crippen molar-refractivity contribution >= 4 is 17.4 Å². The van der Waals surface area contributed by atoms with Crippen LogP contribution in [0.25, 0.3) is 0 Å². The van der Waals surface area contributed by atoms with Gasteiger partial charge in [-0.25, -0.2) is 4.98 Å². The minimum Gasteiger partial charge on any atom is -0.293 e. The molecule has 1 aromatic heterocycles. The predicted octanol–water partition coefficient (Wildman–Crippen LogP) is 6.62. The number of hydrogen-bond donors (Lipinski definition) is 0. The van der Waals surface area contributed by atoms with Crippen LogP contribution >= 0.6 is 11.6 Å². The average molecular weight is 372 g/mol. The summed E-state index contributed by atoms with van der Waals surface area (Å²) < 4.78 is 0. The normalized spacial score (nSPS) is 14.5. The summed E-state index contributed by atoms with van der Waals surface area (Å²) in [4.78, 5) is 15.7. The van der Waals surface area contributed by atoms with Crippen molar-refractivity contribution < 1.29 is 4.79 Å². The van der Waals surface area contributed by atoms with Gasteiger partial charge >= 0.3 is 0 Å². The number of aromatic nitrogens is 1. The number of hydrogen-bond acceptors (Lipinski definition) is 2. The van der Waals surface area contributed by atoms with Gasteiger partial charge in [0, 0.05) is 17.6 Å². The quantitative estimate of drug-likeness (QED) is 0.565. The first-order valence-electron chi connectivity index (χ1n) is 9.68. The van der Waals surface area contributed by atoms with E-state index in [-0.39, 0.29) is 5.78 Å². The fourth-order valence-corrected chi connectivity index (χ4v) is 3.67. The zero-order chi connectivity index (χ0) is 18.9. The van der Waals surface area contributed by atoms with Crippen LogP contribution in [0.4, 0.5) is 0 Å². The number of carbonyl (C=O) groups is 1. The summed E-state index contributed by atoms with van der Waals surface area (Å²) in [5.41, 5.74) is 3.79. The molecule has 3 rings (SSSR count). The van der Waals surface area contributed by atoms with E-state index in [0.717, 1.165) is 35.0 Å². The van der Waals surface area contributed by atoms with Crippen molar-refractivity contribution in [3.05, 3.63) is 63.9 Å². The standard InChI is InChI=1S/C16H16ClNO.C7H14/c1-11-5-3-7-15(17)14(11)10-9-13-6-4-8-16(18-13)12(2)19;1-7-5-3-2-4-6-7/h3-8H,9-10H2,1-2H3;7H,2-6H2,1H3. The number of pyridine rings is 1. The zero-order valence-corrected chi connectivity index (χ0v) is 17.0. The van der Waals surface area contributed by atoms with Crippen LogP contribution < -0.4 is 0 Å². The van der Waals surface area contributed by atoms with Gasteiger partial charge in [-0.1, -0.05) is 68.8 Å². The second kappa shape index (κ2) is 10.5. The van der Waals surface area contributed by atoms with Gasteiger partial charge in [0.1, 0.15) is 5.69 Å². The average Bonchev–Trinajstić information content (AvgIpc) is 2.63. The van der Waals surface area contributed by atoms with Gasteiger partial charge in [0.25, 0.3) is 0 Å². The Morgan fingerprint density at radius 3 is 2.35 bits per heavy atom. The Balaban J connectivity index is 0.000000290. The number of nitrogens with zero attached hydrogens (tertiary/aromatic N) is 1. The van der Waals surface area contributed by atoms with Crippen molar-refractivity contribution in [2.24, 2.45) is 5.92 Å². The lowest BCUT2D eigenvalue weighted by Gasteiger charge is -2.15. The van der Waals surface area contributed by atoms with E-state index in [9.17, 15) is 4.79 Å². The lowest BCUT2D eigenvalue weighted by Crippen LogP contribution is -2.02. The van der Waals surface area contributed by atoms with E-state index < -0.39 is 0 Å². The summed E-state index contributed by atoms with van der Waals surface area (Å²) in [7, 11) is 0. The van der Waals surface area contributed by atoms with Crippen molar-refractivity contribution in [2.75, 3.05) is 0 Å². The van der Waals surface area contributed by atoms with Crippen LogP contribution in [0.1, 0.15) is 73.3 Å². The molecule has 140 valence electrons. The summed E-state index contributed by atoms with van der Waals surface area (Å²) in [5, 5.41) is 0.794. The van der Waals surface area contributed by atoms with Gasteiger partial charge in [0.15, 0.2) is 5.78 Å². The second-order valence-corrected chi connectivity index (χ2v) is 7.76. The molecular formula is C23H30ClNO. The number of ketones is 1. The molecule has 3 heteroatoms. The highest BCUT2D eigenvalue weighted by Crippen LogP contribution is 2.22. The summed E-state index contributed by atoms with van der Waals surface area (Å²) in [6.45, 7) is 5.95. The van der Waals surface area contributed by atoms with Crippen molar-refractivity contribution in [2.45, 2.75) is 65.7 Å². The molecule has 0 N–H and O–H groups in total. The fourth-order valence-electron chi connectivity index (χ4n) is 3.36. The summed E-state index contributed by atoms with van der Waals surface area (Å²) >= 11 is 6.20. The van der Waals surface area contributed by atoms with E-state index in [4.69, 9.17) is 11.6 Å². The topological polar surface area (TPSA) is 30.0 Å². The molecule has 0 radical (unpaired) electrons. The molecule has 1 heterocycles. The van der Waals surface area contributed by atoms with E-state index in [1.54, 1.807) is 6.07 Å². The van der Waals surface area contributed by atoms with Crippen LogP contribution in [0.5, 0.6) is 0 Å². The maximum atomic E-state index is 11.3. The van der Waals surface area contributed by atoms with Crippen molar-refractivity contribution in [1.29, 1.82) is 0 Å². The fraction of sp³-hybridized carbons (Fsp3) is 0.478. The number of rotatable bonds is 4. The Bertz CT molecular complexity index is 700. The molecule has 0 aliphatic heterocycles. The summed E-state index contributed by atoms with van der Waals surface area (Å²) in [6, 6.07) is 11.5. The van der Waals surface area contributed by atoms with Crippen LogP contribution in [-0.4, -0.2) is 10.8 Å². The monoisotopic (exact) mass is 371 g/mol. The number of aryl methyl sites for hydroxylation is 2. The lowest BCUT2D eigenvalue weighted by atomic mass is 9.91. The number of halogens is 1. The maximum Gasteiger partial charge on any atom is 0.178 e. The van der Waals surface area contributed by atoms with E-state index in [0.29, 0.717) is 5.69 Å². The Kier molecular flexibility index (Phi) is 8.31. The van der Waals surface area contributed by atoms with Crippen LogP contribution in [0.15, 0.2) is 36.4 Å². The van der Waals surface area contributed by atoms with Gasteiger partial charge in [0.05, 0.1) is 0 Å². The third-order valence-electron chi connectivity index (χ3n) is 5.05. The molecule has 1 aliphatic carbocycles. The van der Waals surface area contributed by atoms with Crippen LogP contribution in [-0.2, 0) is 12.8 Å². The van der Waals surface area contributed by atoms with Gasteiger partial charge < -0.3 is 0 Å². The number of carbonyl (C=O) groups excluding carboxylic acids is 1. The smallest absolute Gasteiger partial charge is 0.178 e. The van der Waals surface area contributed by atoms with Crippen molar-refractivity contribution in [3.8, 4) is 0 Å². The van der Waals surface area contributed by atoms with Crippen LogP contribution in [0, 0.1) is 12.8 Å². The maximum absolute atomic E-state index is 11.3. The molecule has 0 spiro atoms. The molecule has 0 unspecified atom stereocenters. The molecule has 2 nitrogen and oxygen atoms in total. The van der Waals surface area contributed by atoms with Gasteiger partial charge in [-0.05, 0) is 55.0 Å². The van der Waals surface area contributed by atoms with Crippen molar-refractivity contribution in [3.63, 3.8) is 0 Å². The molecule has 0 saturated heterocycles. The molecule has 0 amide bonds. The SMILES string of the molecule is CC(=O)c1cccc(CCc2c(C)cccc2Cl)n1.CC1CCCCC1. The van der Waals surface area contributed by atoms with Gasteiger partial charge in [0.2, 0.25) is 0 Å². The van der Waals surface area contributed by atoms with E-state index in [1.807, 2.05) is 24.3 Å². The molecule has 0 atom stereocenters. The van der Waals surface area contributed by atoms with Gasteiger partial charge in [-0.2, -0.15) is 0 Å². The van der Waals surface area contributed by atoms with E-state index >= 15 is 0 Å². The predicted molar refractivity (Wildman–Crippen MR) is 110 cm³/mol. The van der Waals surface area contributed by atoms with Crippen LogP contribution in [0.3, 0.4) is 0 Å². The second-order valence-electron chi connectivity index (χ2n) is 7.35. The summed E-state index contributed by atoms with van der Waals surface area (Å²) in [5.74, 6) is 1.03. The highest BCUT2D eigenvalue weighted by Gasteiger charge is 2.07. The summed E-state index contributed by atoms with van der Waals surface area (Å²) in [6.07, 6.45) is 9.05. The number of benzene rings is 1. The van der Waals surface area contributed by atoms with Crippen molar-refractivity contribution in [1.82, 2.24) is 4.98 Å². The minimum atomic E-state index is -0.00391.